The van der Waals surface area contributed by atoms with Gasteiger partial charge in [-0.25, -0.2) is 0 Å². The number of carbonyl (C=O) groups is 3. The van der Waals surface area contributed by atoms with Crippen molar-refractivity contribution in [1.82, 2.24) is 4.90 Å². The summed E-state index contributed by atoms with van der Waals surface area (Å²) in [5, 5.41) is 24.6. The second kappa shape index (κ2) is 11.4. The van der Waals surface area contributed by atoms with Gasteiger partial charge in [-0.3, -0.25) is 39.5 Å². The molecule has 1 saturated heterocycles. The zero-order valence-corrected chi connectivity index (χ0v) is 20.9. The number of nitro groups is 2. The Morgan fingerprint density at radius 1 is 1.00 bits per heavy atom. The predicted octanol–water partition coefficient (Wildman–Crippen LogP) is 4.98. The van der Waals surface area contributed by atoms with Gasteiger partial charge in [0, 0.05) is 17.3 Å². The fourth-order valence-corrected chi connectivity index (χ4v) is 4.35. The van der Waals surface area contributed by atoms with Gasteiger partial charge in [0.15, 0.2) is 11.5 Å². The summed E-state index contributed by atoms with van der Waals surface area (Å²) >= 11 is 0.606. The van der Waals surface area contributed by atoms with E-state index in [4.69, 9.17) is 9.47 Å². The standard InChI is InChI=1S/C25H18N4O9S/c1-37-20-9-5-6-15(23(20)38-19-11-10-17(28(33)34)13-18(19)29(35)36)12-21-24(31)27(25(32)39-21)14-22(30)26-16-7-3-2-4-8-16/h2-13H,14H2,1H3,(H,26,30)/b21-12-. The third kappa shape index (κ3) is 6.02. The third-order valence-corrected chi connectivity index (χ3v) is 6.22. The highest BCUT2D eigenvalue weighted by Gasteiger charge is 2.36. The van der Waals surface area contributed by atoms with E-state index in [2.05, 4.69) is 5.32 Å². The van der Waals surface area contributed by atoms with Crippen molar-refractivity contribution in [2.24, 2.45) is 0 Å². The predicted molar refractivity (Wildman–Crippen MR) is 141 cm³/mol. The number of nitrogens with zero attached hydrogens (tertiary/aromatic N) is 3. The summed E-state index contributed by atoms with van der Waals surface area (Å²) < 4.78 is 11.1. The van der Waals surface area contributed by atoms with E-state index in [-0.39, 0.29) is 27.7 Å². The maximum absolute atomic E-state index is 13.0. The first kappa shape index (κ1) is 26.8. The topological polar surface area (TPSA) is 171 Å². The first-order valence-corrected chi connectivity index (χ1v) is 11.9. The fourth-order valence-electron chi connectivity index (χ4n) is 3.52. The summed E-state index contributed by atoms with van der Waals surface area (Å²) in [6.07, 6.45) is 1.33. The van der Waals surface area contributed by atoms with Gasteiger partial charge in [0.05, 0.1) is 27.9 Å². The molecule has 14 heteroatoms. The van der Waals surface area contributed by atoms with Crippen molar-refractivity contribution in [2.75, 3.05) is 19.0 Å². The maximum atomic E-state index is 13.0. The van der Waals surface area contributed by atoms with Gasteiger partial charge in [-0.1, -0.05) is 30.3 Å². The Kier molecular flexibility index (Phi) is 7.86. The van der Waals surface area contributed by atoms with Crippen molar-refractivity contribution < 1.29 is 33.7 Å². The zero-order valence-electron chi connectivity index (χ0n) is 20.1. The molecule has 0 aromatic heterocycles. The van der Waals surface area contributed by atoms with Crippen LogP contribution in [-0.4, -0.2) is 45.5 Å². The molecule has 1 N–H and O–H groups in total. The highest BCUT2D eigenvalue weighted by atomic mass is 32.2. The zero-order chi connectivity index (χ0) is 28.1. The Bertz CT molecular complexity index is 1530. The third-order valence-electron chi connectivity index (χ3n) is 5.31. The molecule has 4 rings (SSSR count). The fraction of sp³-hybridized carbons (Fsp3) is 0.0800. The number of para-hydroxylation sites is 2. The van der Waals surface area contributed by atoms with E-state index < -0.39 is 44.8 Å². The molecule has 0 radical (unpaired) electrons. The number of methoxy groups -OCH3 is 1. The van der Waals surface area contributed by atoms with Gasteiger partial charge < -0.3 is 14.8 Å². The number of nitro benzene ring substituents is 2. The van der Waals surface area contributed by atoms with Crippen LogP contribution < -0.4 is 14.8 Å². The quantitative estimate of drug-likeness (QED) is 0.218. The van der Waals surface area contributed by atoms with Gasteiger partial charge in [-0.15, -0.1) is 0 Å². The van der Waals surface area contributed by atoms with Crippen molar-refractivity contribution in [3.8, 4) is 17.2 Å². The molecule has 3 aromatic rings. The van der Waals surface area contributed by atoms with Crippen LogP contribution in [0.5, 0.6) is 17.2 Å². The number of thioether (sulfide) groups is 1. The minimum atomic E-state index is -0.830. The Labute approximate surface area is 224 Å². The smallest absolute Gasteiger partial charge is 0.318 e. The van der Waals surface area contributed by atoms with Gasteiger partial charge in [-0.2, -0.15) is 0 Å². The van der Waals surface area contributed by atoms with Crippen LogP contribution >= 0.6 is 11.8 Å². The van der Waals surface area contributed by atoms with Crippen LogP contribution in [0.3, 0.4) is 0 Å². The number of ether oxygens (including phenoxy) is 2. The Hall–Kier alpha value is -5.24. The molecule has 13 nitrogen and oxygen atoms in total. The number of amides is 3. The average molecular weight is 551 g/mol. The Morgan fingerprint density at radius 2 is 1.74 bits per heavy atom. The van der Waals surface area contributed by atoms with Gasteiger partial charge in [-0.05, 0) is 42.1 Å². The van der Waals surface area contributed by atoms with Crippen LogP contribution in [0.15, 0.2) is 71.6 Å². The van der Waals surface area contributed by atoms with Gasteiger partial charge >= 0.3 is 5.69 Å². The summed E-state index contributed by atoms with van der Waals surface area (Å²) in [6, 6.07) is 16.0. The minimum Gasteiger partial charge on any atom is -0.493 e. The second-order valence-corrected chi connectivity index (χ2v) is 8.82. The van der Waals surface area contributed by atoms with Crippen LogP contribution in [0.2, 0.25) is 0 Å². The summed E-state index contributed by atoms with van der Waals surface area (Å²) in [5.41, 5.74) is -0.435. The molecule has 3 amide bonds. The number of hydrogen-bond acceptors (Lipinski definition) is 10. The van der Waals surface area contributed by atoms with Crippen molar-refractivity contribution in [3.05, 3.63) is 97.4 Å². The number of imide groups is 1. The monoisotopic (exact) mass is 550 g/mol. The summed E-state index contributed by atoms with van der Waals surface area (Å²) in [6.45, 7) is -0.507. The molecular formula is C25H18N4O9S. The lowest BCUT2D eigenvalue weighted by molar-refractivity contribution is -0.394. The molecule has 1 fully saturated rings. The van der Waals surface area contributed by atoms with Crippen molar-refractivity contribution in [3.63, 3.8) is 0 Å². The first-order chi connectivity index (χ1) is 18.7. The second-order valence-electron chi connectivity index (χ2n) is 7.83. The van der Waals surface area contributed by atoms with E-state index in [9.17, 15) is 34.6 Å². The van der Waals surface area contributed by atoms with E-state index in [1.165, 1.54) is 25.3 Å². The van der Waals surface area contributed by atoms with Crippen molar-refractivity contribution >= 4 is 52.0 Å². The van der Waals surface area contributed by atoms with Crippen molar-refractivity contribution in [2.45, 2.75) is 0 Å². The van der Waals surface area contributed by atoms with Gasteiger partial charge in [0.1, 0.15) is 6.54 Å². The van der Waals surface area contributed by atoms with Gasteiger partial charge in [0.2, 0.25) is 11.7 Å². The van der Waals surface area contributed by atoms with Crippen molar-refractivity contribution in [1.29, 1.82) is 0 Å². The van der Waals surface area contributed by atoms with Gasteiger partial charge in [0.25, 0.3) is 16.8 Å². The lowest BCUT2D eigenvalue weighted by atomic mass is 10.1. The molecule has 1 aliphatic rings. The molecule has 0 aliphatic carbocycles. The normalized spacial score (nSPS) is 13.9. The molecule has 198 valence electrons. The van der Waals surface area contributed by atoms with E-state index in [0.29, 0.717) is 17.4 Å². The molecular weight excluding hydrogens is 532 g/mol. The molecule has 0 bridgehead atoms. The lowest BCUT2D eigenvalue weighted by Gasteiger charge is -2.14. The molecule has 0 saturated carbocycles. The molecule has 1 heterocycles. The summed E-state index contributed by atoms with van der Waals surface area (Å²) in [5.74, 6) is -1.50. The Balaban J connectivity index is 1.62. The van der Waals surface area contributed by atoms with Crippen LogP contribution in [0.4, 0.5) is 21.9 Å². The lowest BCUT2D eigenvalue weighted by Crippen LogP contribution is -2.36. The number of nitrogens with one attached hydrogen (secondary N) is 1. The number of hydrogen-bond donors (Lipinski definition) is 1. The number of carbonyl (C=O) groups excluding carboxylic acids is 3. The molecule has 3 aromatic carbocycles. The molecule has 0 spiro atoms. The number of benzene rings is 3. The number of non-ortho nitro benzene ring substituents is 1. The largest absolute Gasteiger partial charge is 0.493 e. The number of rotatable bonds is 9. The molecule has 0 atom stereocenters. The molecule has 39 heavy (non-hydrogen) atoms. The molecule has 0 unspecified atom stereocenters. The van der Waals surface area contributed by atoms with Crippen LogP contribution in [-0.2, 0) is 9.59 Å². The average Bonchev–Trinajstić information content (AvgIpc) is 3.17. The summed E-state index contributed by atoms with van der Waals surface area (Å²) in [4.78, 5) is 59.7. The highest BCUT2D eigenvalue weighted by Crippen LogP contribution is 2.42. The summed E-state index contributed by atoms with van der Waals surface area (Å²) in [7, 11) is 1.33. The van der Waals surface area contributed by atoms with E-state index in [1.807, 2.05) is 0 Å². The maximum Gasteiger partial charge on any atom is 0.318 e. The van der Waals surface area contributed by atoms with Crippen LogP contribution in [0.1, 0.15) is 5.56 Å². The Morgan fingerprint density at radius 3 is 2.41 bits per heavy atom. The molecule has 1 aliphatic heterocycles. The highest BCUT2D eigenvalue weighted by molar-refractivity contribution is 8.18. The SMILES string of the molecule is COc1cccc(/C=C2\SC(=O)N(CC(=O)Nc3ccccc3)C2=O)c1Oc1ccc([N+](=O)[O-])cc1[N+](=O)[O-]. The number of anilines is 1. The van der Waals surface area contributed by atoms with Crippen LogP contribution in [0.25, 0.3) is 6.08 Å². The van der Waals surface area contributed by atoms with E-state index >= 15 is 0 Å². The van der Waals surface area contributed by atoms with Crippen LogP contribution in [0, 0.1) is 20.2 Å². The van der Waals surface area contributed by atoms with E-state index in [1.54, 1.807) is 36.4 Å². The minimum absolute atomic E-state index is 0.0242. The van der Waals surface area contributed by atoms with E-state index in [0.717, 1.165) is 23.1 Å². The first-order valence-electron chi connectivity index (χ1n) is 11.1.